The summed E-state index contributed by atoms with van der Waals surface area (Å²) in [6, 6.07) is 8.15. The first kappa shape index (κ1) is 18.8. The third-order valence-electron chi connectivity index (χ3n) is 5.01. The Kier molecular flexibility index (Phi) is 4.53. The van der Waals surface area contributed by atoms with Gasteiger partial charge < -0.3 is 5.32 Å². The van der Waals surface area contributed by atoms with E-state index in [1.165, 1.54) is 40.1 Å². The summed E-state index contributed by atoms with van der Waals surface area (Å²) >= 11 is 2.78. The molecule has 3 aromatic rings. The molecular formula is C21H14FN5OS2. The summed E-state index contributed by atoms with van der Waals surface area (Å²) < 4.78 is 13.2. The van der Waals surface area contributed by atoms with Gasteiger partial charge in [-0.05, 0) is 35.9 Å². The topological polar surface area (TPSA) is 81.9 Å². The zero-order valence-electron chi connectivity index (χ0n) is 15.5. The van der Waals surface area contributed by atoms with E-state index in [1.807, 2.05) is 6.07 Å². The molecule has 148 valence electrons. The number of benzene rings is 1. The predicted molar refractivity (Wildman–Crippen MR) is 111 cm³/mol. The lowest BCUT2D eigenvalue weighted by atomic mass is 10.2. The van der Waals surface area contributed by atoms with Gasteiger partial charge in [0.25, 0.3) is 5.91 Å². The Morgan fingerprint density at radius 1 is 1.30 bits per heavy atom. The Bertz CT molecular complexity index is 1220. The van der Waals surface area contributed by atoms with E-state index in [4.69, 9.17) is 5.26 Å². The summed E-state index contributed by atoms with van der Waals surface area (Å²) in [6.45, 7) is 0.478. The van der Waals surface area contributed by atoms with E-state index in [-0.39, 0.29) is 11.7 Å². The maximum Gasteiger partial charge on any atom is 0.281 e. The minimum atomic E-state index is -0.418. The second-order valence-corrected chi connectivity index (χ2v) is 9.20. The van der Waals surface area contributed by atoms with Gasteiger partial charge in [0, 0.05) is 46.6 Å². The third-order valence-corrected chi connectivity index (χ3v) is 7.09. The maximum absolute atomic E-state index is 13.2. The van der Waals surface area contributed by atoms with Gasteiger partial charge in [-0.25, -0.2) is 9.37 Å². The molecule has 1 atom stereocenters. The van der Waals surface area contributed by atoms with Gasteiger partial charge in [0.2, 0.25) is 0 Å². The predicted octanol–water partition coefficient (Wildman–Crippen LogP) is 4.05. The first-order valence-electron chi connectivity index (χ1n) is 9.10. The van der Waals surface area contributed by atoms with Crippen molar-refractivity contribution in [1.82, 2.24) is 20.2 Å². The number of thiazole rings is 1. The molecule has 0 radical (unpaired) electrons. The number of amides is 1. The van der Waals surface area contributed by atoms with Crippen LogP contribution in [0.25, 0.3) is 10.4 Å². The smallest absolute Gasteiger partial charge is 0.281 e. The molecule has 30 heavy (non-hydrogen) atoms. The Labute approximate surface area is 180 Å². The van der Waals surface area contributed by atoms with Gasteiger partial charge in [0.05, 0.1) is 17.0 Å². The van der Waals surface area contributed by atoms with E-state index in [9.17, 15) is 9.18 Å². The fraction of sp³-hybridized carbons (Fsp3) is 0.143. The Morgan fingerprint density at radius 3 is 2.90 bits per heavy atom. The van der Waals surface area contributed by atoms with E-state index in [1.54, 1.807) is 36.9 Å². The highest BCUT2D eigenvalue weighted by Gasteiger charge is 2.55. The van der Waals surface area contributed by atoms with E-state index in [0.717, 1.165) is 32.2 Å². The standard InChI is InChI=1S/C21H14FN5OS2/c22-14-1-3-15(4-2-14)29-17-8-24-6-5-16(17)18-9-25-20(30-18)19(28)26-21-7-13(21)10-27(11-21)12-23/h1-6,8-10H,7,11H2,(H,26,28)/t21-/m0/s1. The summed E-state index contributed by atoms with van der Waals surface area (Å²) in [5.74, 6) is -0.520. The molecular weight excluding hydrogens is 421 g/mol. The van der Waals surface area contributed by atoms with Crippen LogP contribution in [0.2, 0.25) is 0 Å². The lowest BCUT2D eigenvalue weighted by Gasteiger charge is -2.15. The van der Waals surface area contributed by atoms with E-state index in [0.29, 0.717) is 11.6 Å². The molecule has 0 spiro atoms. The normalized spacial score (nSPS) is 19.1. The Balaban J connectivity index is 1.35. The number of nitrogens with zero attached hydrogens (tertiary/aromatic N) is 4. The molecule has 9 heteroatoms. The van der Waals surface area contributed by atoms with Gasteiger partial charge in [-0.3, -0.25) is 14.7 Å². The number of hydrogen-bond donors (Lipinski definition) is 1. The number of halogens is 1. The van der Waals surface area contributed by atoms with Gasteiger partial charge in [-0.2, -0.15) is 5.26 Å². The highest BCUT2D eigenvalue weighted by molar-refractivity contribution is 7.99. The lowest BCUT2D eigenvalue weighted by Crippen LogP contribution is -2.41. The fourth-order valence-corrected chi connectivity index (χ4v) is 5.27. The van der Waals surface area contributed by atoms with Gasteiger partial charge in [0.15, 0.2) is 11.2 Å². The summed E-state index contributed by atoms with van der Waals surface area (Å²) in [5, 5.41) is 12.4. The first-order valence-corrected chi connectivity index (χ1v) is 10.7. The second kappa shape index (κ2) is 7.23. The number of carbonyl (C=O) groups excluding carboxylic acids is 1. The fourth-order valence-electron chi connectivity index (χ4n) is 3.43. The molecule has 1 aliphatic heterocycles. The summed E-state index contributed by atoms with van der Waals surface area (Å²) in [7, 11) is 0. The van der Waals surface area contributed by atoms with Crippen molar-refractivity contribution in [1.29, 1.82) is 5.26 Å². The van der Waals surface area contributed by atoms with Crippen LogP contribution >= 0.6 is 23.1 Å². The number of pyridine rings is 1. The van der Waals surface area contributed by atoms with Gasteiger partial charge >= 0.3 is 0 Å². The molecule has 5 rings (SSSR count). The van der Waals surface area contributed by atoms with E-state index in [2.05, 4.69) is 21.5 Å². The maximum atomic E-state index is 13.2. The SMILES string of the molecule is N#CN1C=C2C[C@]2(NC(=O)c2ncc(-c3ccncc3Sc3ccc(F)cc3)s2)C1. The molecule has 0 bridgehead atoms. The number of nitrogens with one attached hydrogen (secondary N) is 1. The second-order valence-electron chi connectivity index (χ2n) is 7.05. The van der Waals surface area contributed by atoms with Crippen LogP contribution in [0.4, 0.5) is 4.39 Å². The Hall–Kier alpha value is -3.22. The van der Waals surface area contributed by atoms with E-state index < -0.39 is 5.54 Å². The molecule has 2 aromatic heterocycles. The molecule has 1 N–H and O–H groups in total. The van der Waals surface area contributed by atoms with Crippen molar-refractivity contribution in [2.24, 2.45) is 0 Å². The molecule has 1 aromatic carbocycles. The van der Waals surface area contributed by atoms with Crippen molar-refractivity contribution >= 4 is 29.0 Å². The van der Waals surface area contributed by atoms with Gasteiger partial charge in [0.1, 0.15) is 5.82 Å². The molecule has 0 unspecified atom stereocenters. The van der Waals surface area contributed by atoms with Crippen molar-refractivity contribution in [3.8, 4) is 16.6 Å². The Morgan fingerprint density at radius 2 is 2.13 bits per heavy atom. The van der Waals surface area contributed by atoms with Gasteiger partial charge in [-0.15, -0.1) is 11.3 Å². The van der Waals surface area contributed by atoms with Crippen LogP contribution in [-0.4, -0.2) is 32.9 Å². The molecule has 1 saturated carbocycles. The largest absolute Gasteiger partial charge is 0.339 e. The van der Waals surface area contributed by atoms with Crippen molar-refractivity contribution in [2.75, 3.05) is 6.54 Å². The average molecular weight is 436 g/mol. The monoisotopic (exact) mass is 435 g/mol. The van der Waals surface area contributed by atoms with Crippen LogP contribution in [0.15, 0.2) is 70.5 Å². The van der Waals surface area contributed by atoms with E-state index >= 15 is 0 Å². The molecule has 2 aliphatic rings. The summed E-state index contributed by atoms with van der Waals surface area (Å²) in [4.78, 5) is 25.4. The molecule has 1 aliphatic carbocycles. The molecule has 6 nitrogen and oxygen atoms in total. The molecule has 1 fully saturated rings. The molecule has 0 saturated heterocycles. The zero-order chi connectivity index (χ0) is 20.7. The minimum Gasteiger partial charge on any atom is -0.339 e. The van der Waals surface area contributed by atoms with Crippen LogP contribution in [0, 0.1) is 17.3 Å². The van der Waals surface area contributed by atoms with Crippen molar-refractivity contribution in [3.63, 3.8) is 0 Å². The quantitative estimate of drug-likeness (QED) is 0.609. The number of carbonyl (C=O) groups is 1. The number of hydrogen-bond acceptors (Lipinski definition) is 7. The number of fused-ring (bicyclic) bond motifs is 1. The first-order chi connectivity index (χ1) is 14.6. The molecule has 1 amide bonds. The summed E-state index contributed by atoms with van der Waals surface area (Å²) in [6.07, 6.45) is 9.77. The highest BCUT2D eigenvalue weighted by Crippen LogP contribution is 2.48. The van der Waals surface area contributed by atoms with Crippen LogP contribution in [-0.2, 0) is 0 Å². The van der Waals surface area contributed by atoms with Crippen LogP contribution < -0.4 is 5.32 Å². The minimum absolute atomic E-state index is 0.240. The van der Waals surface area contributed by atoms with Gasteiger partial charge in [-0.1, -0.05) is 11.8 Å². The third kappa shape index (κ3) is 3.44. The molecule has 3 heterocycles. The van der Waals surface area contributed by atoms with Crippen molar-refractivity contribution in [2.45, 2.75) is 21.8 Å². The number of aromatic nitrogens is 2. The average Bonchev–Trinajstić information content (AvgIpc) is 3.10. The van der Waals surface area contributed by atoms with Crippen LogP contribution in [0.5, 0.6) is 0 Å². The lowest BCUT2D eigenvalue weighted by molar-refractivity contribution is 0.0932. The number of nitriles is 1. The summed E-state index contributed by atoms with van der Waals surface area (Å²) in [5.41, 5.74) is 1.57. The van der Waals surface area contributed by atoms with Crippen LogP contribution in [0.1, 0.15) is 16.2 Å². The highest BCUT2D eigenvalue weighted by atomic mass is 32.2. The number of rotatable bonds is 5. The zero-order valence-corrected chi connectivity index (χ0v) is 17.1. The van der Waals surface area contributed by atoms with Crippen LogP contribution in [0.3, 0.4) is 0 Å². The van der Waals surface area contributed by atoms with Crippen molar-refractivity contribution < 1.29 is 9.18 Å². The van der Waals surface area contributed by atoms with Crippen molar-refractivity contribution in [3.05, 3.63) is 71.5 Å².